The van der Waals surface area contributed by atoms with Crippen LogP contribution >= 0.6 is 0 Å². The molecule has 0 aromatic heterocycles. The summed E-state index contributed by atoms with van der Waals surface area (Å²) in [6, 6.07) is 26.3. The van der Waals surface area contributed by atoms with Crippen molar-refractivity contribution in [3.8, 4) is 16.9 Å². The van der Waals surface area contributed by atoms with Gasteiger partial charge in [0.1, 0.15) is 12.4 Å². The van der Waals surface area contributed by atoms with Gasteiger partial charge in [0.05, 0.1) is 6.54 Å². The van der Waals surface area contributed by atoms with Crippen LogP contribution in [0, 0.1) is 0 Å². The predicted octanol–water partition coefficient (Wildman–Crippen LogP) is 3.85. The highest BCUT2D eigenvalue weighted by molar-refractivity contribution is 5.77. The molecule has 2 N–H and O–H groups in total. The van der Waals surface area contributed by atoms with E-state index in [1.807, 2.05) is 66.7 Å². The maximum absolute atomic E-state index is 11.7. The van der Waals surface area contributed by atoms with Gasteiger partial charge in [0, 0.05) is 13.6 Å². The van der Waals surface area contributed by atoms with Crippen molar-refractivity contribution >= 4 is 5.91 Å². The molecule has 0 radical (unpaired) electrons. The van der Waals surface area contributed by atoms with Gasteiger partial charge < -0.3 is 15.4 Å². The third kappa shape index (κ3) is 5.19. The maximum atomic E-state index is 11.7. The normalized spacial score (nSPS) is 10.4. The third-order valence-electron chi connectivity index (χ3n) is 4.38. The van der Waals surface area contributed by atoms with Gasteiger partial charge in [0.15, 0.2) is 0 Å². The Bertz CT molecular complexity index is 876. The molecule has 3 rings (SSSR count). The van der Waals surface area contributed by atoms with Gasteiger partial charge in [0.25, 0.3) is 0 Å². The molecule has 0 bridgehead atoms. The van der Waals surface area contributed by atoms with Crippen LogP contribution in [0.1, 0.15) is 11.1 Å². The smallest absolute Gasteiger partial charge is 0.236 e. The number of carbonyl (C=O) groups excluding carboxylic acids is 1. The van der Waals surface area contributed by atoms with Crippen molar-refractivity contribution in [3.05, 3.63) is 90.0 Å². The van der Waals surface area contributed by atoms with Gasteiger partial charge in [-0.25, -0.2) is 0 Å². The minimum absolute atomic E-state index is 0.0284. The summed E-state index contributed by atoms with van der Waals surface area (Å²) >= 11 is 0. The lowest BCUT2D eigenvalue weighted by molar-refractivity contribution is -0.128. The van der Waals surface area contributed by atoms with Crippen LogP contribution < -0.4 is 10.5 Å². The Morgan fingerprint density at radius 3 is 2.30 bits per heavy atom. The first-order chi connectivity index (χ1) is 13.2. The van der Waals surface area contributed by atoms with Gasteiger partial charge in [0.2, 0.25) is 5.91 Å². The van der Waals surface area contributed by atoms with Crippen LogP contribution in [-0.4, -0.2) is 24.4 Å². The summed E-state index contributed by atoms with van der Waals surface area (Å²) in [6.45, 7) is 1.12. The second-order valence-corrected chi connectivity index (χ2v) is 6.45. The molecule has 3 aromatic carbocycles. The summed E-state index contributed by atoms with van der Waals surface area (Å²) in [5, 5.41) is 0. The lowest BCUT2D eigenvalue weighted by Gasteiger charge is -2.16. The van der Waals surface area contributed by atoms with Crippen LogP contribution in [0.2, 0.25) is 0 Å². The SMILES string of the molecule is CN(Cc1cccc(-c2ccc(OCc3ccccc3)cc2)c1)C(=O)CN. The van der Waals surface area contributed by atoms with Gasteiger partial charge in [-0.15, -0.1) is 0 Å². The molecule has 3 aromatic rings. The Morgan fingerprint density at radius 1 is 0.889 bits per heavy atom. The third-order valence-corrected chi connectivity index (χ3v) is 4.38. The Hall–Kier alpha value is -3.11. The summed E-state index contributed by atoms with van der Waals surface area (Å²) in [4.78, 5) is 13.3. The first-order valence-electron chi connectivity index (χ1n) is 8.96. The Labute approximate surface area is 160 Å². The molecular formula is C23H24N2O2. The zero-order chi connectivity index (χ0) is 19.1. The number of rotatable bonds is 7. The quantitative estimate of drug-likeness (QED) is 0.696. The molecule has 0 fully saturated rings. The lowest BCUT2D eigenvalue weighted by Crippen LogP contribution is -2.32. The molecule has 0 unspecified atom stereocenters. The van der Waals surface area contributed by atoms with Gasteiger partial charge in [-0.1, -0.05) is 60.7 Å². The van der Waals surface area contributed by atoms with E-state index in [9.17, 15) is 4.79 Å². The van der Waals surface area contributed by atoms with Crippen molar-refractivity contribution in [3.63, 3.8) is 0 Å². The first kappa shape index (κ1) is 18.7. The average Bonchev–Trinajstić information content (AvgIpc) is 2.73. The molecule has 4 heteroatoms. The van der Waals surface area contributed by atoms with Crippen LogP contribution in [-0.2, 0) is 17.9 Å². The van der Waals surface area contributed by atoms with Crippen molar-refractivity contribution in [1.29, 1.82) is 0 Å². The monoisotopic (exact) mass is 360 g/mol. The second-order valence-electron chi connectivity index (χ2n) is 6.45. The summed E-state index contributed by atoms with van der Waals surface area (Å²) in [5.74, 6) is 0.771. The molecule has 0 atom stereocenters. The number of nitrogens with zero attached hydrogens (tertiary/aromatic N) is 1. The van der Waals surface area contributed by atoms with E-state index in [0.29, 0.717) is 13.2 Å². The number of ether oxygens (including phenoxy) is 1. The highest BCUT2D eigenvalue weighted by Gasteiger charge is 2.08. The highest BCUT2D eigenvalue weighted by Crippen LogP contribution is 2.24. The van der Waals surface area contributed by atoms with E-state index in [2.05, 4.69) is 12.1 Å². The molecule has 0 saturated heterocycles. The van der Waals surface area contributed by atoms with Gasteiger partial charge in [-0.05, 0) is 40.5 Å². The number of amides is 1. The van der Waals surface area contributed by atoms with Crippen molar-refractivity contribution in [2.75, 3.05) is 13.6 Å². The molecular weight excluding hydrogens is 336 g/mol. The van der Waals surface area contributed by atoms with Gasteiger partial charge in [-0.2, -0.15) is 0 Å². The van der Waals surface area contributed by atoms with E-state index in [1.54, 1.807) is 11.9 Å². The summed E-state index contributed by atoms with van der Waals surface area (Å²) < 4.78 is 5.84. The summed E-state index contributed by atoms with van der Waals surface area (Å²) in [6.07, 6.45) is 0. The fourth-order valence-electron chi connectivity index (χ4n) is 2.85. The van der Waals surface area contributed by atoms with Crippen molar-refractivity contribution in [2.45, 2.75) is 13.2 Å². The summed E-state index contributed by atoms with van der Waals surface area (Å²) in [7, 11) is 1.76. The fraction of sp³-hybridized carbons (Fsp3) is 0.174. The van der Waals surface area contributed by atoms with Crippen LogP contribution in [0.15, 0.2) is 78.9 Å². The molecule has 138 valence electrons. The zero-order valence-electron chi connectivity index (χ0n) is 15.5. The zero-order valence-corrected chi connectivity index (χ0v) is 15.5. The van der Waals surface area contributed by atoms with Gasteiger partial charge >= 0.3 is 0 Å². The largest absolute Gasteiger partial charge is 0.489 e. The molecule has 1 amide bonds. The van der Waals surface area contributed by atoms with Crippen molar-refractivity contribution in [1.82, 2.24) is 4.90 Å². The summed E-state index contributed by atoms with van der Waals surface area (Å²) in [5.41, 5.74) is 9.85. The molecule has 0 aliphatic rings. The fourth-order valence-corrected chi connectivity index (χ4v) is 2.85. The van der Waals surface area contributed by atoms with E-state index < -0.39 is 0 Å². The Balaban J connectivity index is 1.66. The molecule has 0 aliphatic carbocycles. The molecule has 4 nitrogen and oxygen atoms in total. The van der Waals surface area contributed by atoms with E-state index in [1.165, 1.54) is 0 Å². The molecule has 27 heavy (non-hydrogen) atoms. The molecule has 0 aliphatic heterocycles. The molecule has 0 heterocycles. The molecule has 0 saturated carbocycles. The second kappa shape index (κ2) is 9.01. The van der Waals surface area contributed by atoms with Crippen LogP contribution in [0.3, 0.4) is 0 Å². The Kier molecular flexibility index (Phi) is 6.23. The average molecular weight is 360 g/mol. The number of benzene rings is 3. The van der Waals surface area contributed by atoms with E-state index in [4.69, 9.17) is 10.5 Å². The topological polar surface area (TPSA) is 55.6 Å². The van der Waals surface area contributed by atoms with Crippen LogP contribution in [0.4, 0.5) is 0 Å². The number of hydrogen-bond acceptors (Lipinski definition) is 3. The van der Waals surface area contributed by atoms with E-state index in [-0.39, 0.29) is 12.5 Å². The minimum atomic E-state index is -0.0691. The predicted molar refractivity (Wildman–Crippen MR) is 108 cm³/mol. The number of hydrogen-bond donors (Lipinski definition) is 1. The highest BCUT2D eigenvalue weighted by atomic mass is 16.5. The van der Waals surface area contributed by atoms with Crippen molar-refractivity contribution < 1.29 is 9.53 Å². The van der Waals surface area contributed by atoms with Gasteiger partial charge in [-0.3, -0.25) is 4.79 Å². The first-order valence-corrected chi connectivity index (χ1v) is 8.96. The lowest BCUT2D eigenvalue weighted by atomic mass is 10.0. The van der Waals surface area contributed by atoms with E-state index in [0.717, 1.165) is 28.0 Å². The maximum Gasteiger partial charge on any atom is 0.236 e. The molecule has 0 spiro atoms. The van der Waals surface area contributed by atoms with Crippen LogP contribution in [0.5, 0.6) is 5.75 Å². The number of nitrogens with two attached hydrogens (primary N) is 1. The minimum Gasteiger partial charge on any atom is -0.489 e. The van der Waals surface area contributed by atoms with E-state index >= 15 is 0 Å². The Morgan fingerprint density at radius 2 is 1.59 bits per heavy atom. The van der Waals surface area contributed by atoms with Crippen molar-refractivity contribution in [2.24, 2.45) is 5.73 Å². The number of carbonyl (C=O) groups is 1. The standard InChI is InChI=1S/C23H24N2O2/c1-25(23(26)15-24)16-19-8-5-9-21(14-19)20-10-12-22(13-11-20)27-17-18-6-3-2-4-7-18/h2-14H,15-17,24H2,1H3. The van der Waals surface area contributed by atoms with Crippen LogP contribution in [0.25, 0.3) is 11.1 Å². The number of likely N-dealkylation sites (N-methyl/N-ethyl adjacent to an activating group) is 1.